The molecule has 3 rings (SSSR count). The normalized spacial score (nSPS) is 16.8. The van der Waals surface area contributed by atoms with E-state index in [1.165, 1.54) is 0 Å². The van der Waals surface area contributed by atoms with Gasteiger partial charge in [-0.15, -0.1) is 0 Å². The molecule has 1 aliphatic heterocycles. The molecule has 0 amide bonds. The molecule has 0 saturated heterocycles. The van der Waals surface area contributed by atoms with Gasteiger partial charge in [0, 0.05) is 10.7 Å². The second-order valence-corrected chi connectivity index (χ2v) is 6.38. The third kappa shape index (κ3) is 4.08. The fraction of sp³-hybridized carbons (Fsp3) is 0.263. The Morgan fingerprint density at radius 2 is 1.77 bits per heavy atom. The van der Waals surface area contributed by atoms with Gasteiger partial charge >= 0.3 is 0 Å². The highest BCUT2D eigenvalue weighted by Crippen LogP contribution is 2.31. The minimum atomic E-state index is -0.404. The molecule has 1 unspecified atom stereocenters. The van der Waals surface area contributed by atoms with E-state index in [-0.39, 0.29) is 11.9 Å². The van der Waals surface area contributed by atoms with Gasteiger partial charge < -0.3 is 16.2 Å². The van der Waals surface area contributed by atoms with Crippen LogP contribution in [0.5, 0.6) is 5.75 Å². The lowest BCUT2D eigenvalue weighted by molar-refractivity contribution is 0.309. The van der Waals surface area contributed by atoms with Crippen molar-refractivity contribution in [1.29, 1.82) is 0 Å². The molecule has 4 N–H and O–H groups in total. The van der Waals surface area contributed by atoms with Crippen LogP contribution in [0.15, 0.2) is 58.5 Å². The van der Waals surface area contributed by atoms with Crippen LogP contribution in [-0.2, 0) is 0 Å². The summed E-state index contributed by atoms with van der Waals surface area (Å²) in [6.07, 6.45) is 1.73. The standard InChI is InChI=1S/C19H22ClN5O/c1-2-3-12-26-16-10-4-13(5-11-16)17-23-18(21)24-19(22)25(17)15-8-6-14(20)7-9-15/h4-11,17H,2-3,12H2,1H3,(H4,21,22,23,24). The summed E-state index contributed by atoms with van der Waals surface area (Å²) in [5.41, 5.74) is 13.7. The average molecular weight is 372 g/mol. The zero-order chi connectivity index (χ0) is 18.5. The molecular formula is C19H22ClN5O. The van der Waals surface area contributed by atoms with E-state index < -0.39 is 6.17 Å². The van der Waals surface area contributed by atoms with Gasteiger partial charge in [-0.2, -0.15) is 4.99 Å². The summed E-state index contributed by atoms with van der Waals surface area (Å²) in [5.74, 6) is 1.27. The van der Waals surface area contributed by atoms with Gasteiger partial charge in [0.15, 0.2) is 6.17 Å². The SMILES string of the molecule is CCCCOc1ccc(C2N=C(N)N=C(N)N2c2ccc(Cl)cc2)cc1. The summed E-state index contributed by atoms with van der Waals surface area (Å²) in [4.78, 5) is 10.4. The number of anilines is 1. The molecule has 2 aromatic rings. The minimum absolute atomic E-state index is 0.154. The number of benzene rings is 2. The third-order valence-electron chi connectivity index (χ3n) is 4.02. The summed E-state index contributed by atoms with van der Waals surface area (Å²) in [5, 5.41) is 0.648. The highest BCUT2D eigenvalue weighted by Gasteiger charge is 2.27. The summed E-state index contributed by atoms with van der Waals surface area (Å²) in [7, 11) is 0. The zero-order valence-corrected chi connectivity index (χ0v) is 15.4. The van der Waals surface area contributed by atoms with E-state index in [0.717, 1.165) is 29.8 Å². The summed E-state index contributed by atoms with van der Waals surface area (Å²) >= 11 is 5.99. The Labute approximate surface area is 158 Å². The van der Waals surface area contributed by atoms with Crippen molar-refractivity contribution in [2.45, 2.75) is 25.9 Å². The largest absolute Gasteiger partial charge is 0.494 e. The maximum atomic E-state index is 6.14. The fourth-order valence-corrected chi connectivity index (χ4v) is 2.80. The molecule has 6 nitrogen and oxygen atoms in total. The predicted molar refractivity (Wildman–Crippen MR) is 107 cm³/mol. The minimum Gasteiger partial charge on any atom is -0.494 e. The van der Waals surface area contributed by atoms with Crippen LogP contribution in [0.2, 0.25) is 5.02 Å². The zero-order valence-electron chi connectivity index (χ0n) is 14.6. The van der Waals surface area contributed by atoms with Gasteiger partial charge in [0.2, 0.25) is 11.9 Å². The Hall–Kier alpha value is -2.73. The van der Waals surface area contributed by atoms with Gasteiger partial charge in [-0.3, -0.25) is 4.90 Å². The van der Waals surface area contributed by atoms with E-state index in [1.807, 2.05) is 41.3 Å². The molecule has 26 heavy (non-hydrogen) atoms. The molecule has 0 saturated carbocycles. The fourth-order valence-electron chi connectivity index (χ4n) is 2.68. The van der Waals surface area contributed by atoms with Crippen molar-refractivity contribution in [3.05, 3.63) is 59.1 Å². The number of aliphatic imine (C=N–C) groups is 2. The van der Waals surface area contributed by atoms with Crippen molar-refractivity contribution < 1.29 is 4.74 Å². The number of rotatable bonds is 6. The van der Waals surface area contributed by atoms with E-state index in [2.05, 4.69) is 16.9 Å². The van der Waals surface area contributed by atoms with Crippen molar-refractivity contribution in [2.24, 2.45) is 21.5 Å². The summed E-state index contributed by atoms with van der Waals surface area (Å²) in [6, 6.07) is 15.1. The number of guanidine groups is 2. The van der Waals surface area contributed by atoms with Crippen LogP contribution < -0.4 is 21.1 Å². The first-order valence-corrected chi connectivity index (χ1v) is 8.91. The smallest absolute Gasteiger partial charge is 0.221 e. The van der Waals surface area contributed by atoms with Gasteiger partial charge in [0.1, 0.15) is 5.75 Å². The van der Waals surface area contributed by atoms with Crippen molar-refractivity contribution in [3.63, 3.8) is 0 Å². The number of nitrogens with two attached hydrogens (primary N) is 2. The first kappa shape index (κ1) is 18.1. The van der Waals surface area contributed by atoms with E-state index >= 15 is 0 Å². The molecule has 0 fully saturated rings. The van der Waals surface area contributed by atoms with Crippen LogP contribution >= 0.6 is 11.6 Å². The summed E-state index contributed by atoms with van der Waals surface area (Å²) < 4.78 is 5.72. The molecule has 2 aromatic carbocycles. The Balaban J connectivity index is 1.87. The lowest BCUT2D eigenvalue weighted by Crippen LogP contribution is -2.44. The molecule has 0 aliphatic carbocycles. The average Bonchev–Trinajstić information content (AvgIpc) is 2.63. The number of nitrogens with zero attached hydrogens (tertiary/aromatic N) is 3. The van der Waals surface area contributed by atoms with Gasteiger partial charge in [-0.1, -0.05) is 37.1 Å². The van der Waals surface area contributed by atoms with Gasteiger partial charge in [0.25, 0.3) is 0 Å². The first-order chi connectivity index (χ1) is 12.6. The predicted octanol–water partition coefficient (Wildman–Crippen LogP) is 3.67. The molecule has 0 spiro atoms. The molecule has 0 radical (unpaired) electrons. The lowest BCUT2D eigenvalue weighted by atomic mass is 10.1. The first-order valence-electron chi connectivity index (χ1n) is 8.53. The monoisotopic (exact) mass is 371 g/mol. The van der Waals surface area contributed by atoms with E-state index in [4.69, 9.17) is 27.8 Å². The molecule has 0 bridgehead atoms. The van der Waals surface area contributed by atoms with E-state index in [1.54, 1.807) is 12.1 Å². The van der Waals surface area contributed by atoms with Crippen LogP contribution in [0.1, 0.15) is 31.5 Å². The van der Waals surface area contributed by atoms with Crippen LogP contribution in [0, 0.1) is 0 Å². The van der Waals surface area contributed by atoms with Crippen molar-refractivity contribution in [3.8, 4) is 5.75 Å². The lowest BCUT2D eigenvalue weighted by Gasteiger charge is -2.32. The van der Waals surface area contributed by atoms with Crippen molar-refractivity contribution in [1.82, 2.24) is 0 Å². The number of hydrogen-bond donors (Lipinski definition) is 2. The Bertz CT molecular complexity index is 802. The number of hydrogen-bond acceptors (Lipinski definition) is 6. The van der Waals surface area contributed by atoms with E-state index in [0.29, 0.717) is 11.6 Å². The Kier molecular flexibility index (Phi) is 5.63. The van der Waals surface area contributed by atoms with Crippen molar-refractivity contribution in [2.75, 3.05) is 11.5 Å². The quantitative estimate of drug-likeness (QED) is 0.758. The molecule has 1 atom stereocenters. The molecule has 7 heteroatoms. The van der Waals surface area contributed by atoms with E-state index in [9.17, 15) is 0 Å². The van der Waals surface area contributed by atoms with Crippen LogP contribution in [-0.4, -0.2) is 18.5 Å². The van der Waals surface area contributed by atoms with Gasteiger partial charge in [0.05, 0.1) is 6.61 Å². The summed E-state index contributed by atoms with van der Waals surface area (Å²) in [6.45, 7) is 2.84. The number of unbranched alkanes of at least 4 members (excludes halogenated alkanes) is 1. The molecular weight excluding hydrogens is 350 g/mol. The maximum absolute atomic E-state index is 6.14. The van der Waals surface area contributed by atoms with Crippen LogP contribution in [0.25, 0.3) is 0 Å². The molecule has 1 heterocycles. The van der Waals surface area contributed by atoms with Crippen molar-refractivity contribution >= 4 is 29.2 Å². The maximum Gasteiger partial charge on any atom is 0.221 e. The number of ether oxygens (including phenoxy) is 1. The van der Waals surface area contributed by atoms with Gasteiger partial charge in [-0.05, 0) is 48.4 Å². The van der Waals surface area contributed by atoms with Crippen LogP contribution in [0.4, 0.5) is 5.69 Å². The second-order valence-electron chi connectivity index (χ2n) is 5.95. The molecule has 0 aromatic heterocycles. The van der Waals surface area contributed by atoms with Gasteiger partial charge in [-0.25, -0.2) is 4.99 Å². The highest BCUT2D eigenvalue weighted by molar-refractivity contribution is 6.30. The Morgan fingerprint density at radius 1 is 1.08 bits per heavy atom. The molecule has 136 valence electrons. The Morgan fingerprint density at radius 3 is 2.42 bits per heavy atom. The topological polar surface area (TPSA) is 89.2 Å². The van der Waals surface area contributed by atoms with Crippen LogP contribution in [0.3, 0.4) is 0 Å². The number of halogens is 1. The second kappa shape index (κ2) is 8.10. The molecule has 1 aliphatic rings. The third-order valence-corrected chi connectivity index (χ3v) is 4.28. The highest BCUT2D eigenvalue weighted by atomic mass is 35.5.